The Morgan fingerprint density at radius 3 is 1.46 bits per heavy atom. The van der Waals surface area contributed by atoms with E-state index in [1.165, 1.54) is 0 Å². The molecule has 0 saturated carbocycles. The largest absolute Gasteiger partial charge is 0.370 e. The van der Waals surface area contributed by atoms with Crippen LogP contribution in [0.1, 0.15) is 17.5 Å². The molecule has 0 bridgehead atoms. The third kappa shape index (κ3) is 14.4. The molecule has 3 amide bonds. The normalized spacial score (nSPS) is 8.96. The zero-order chi connectivity index (χ0) is 19.8. The van der Waals surface area contributed by atoms with Gasteiger partial charge in [-0.3, -0.25) is 14.4 Å². The highest BCUT2D eigenvalue weighted by Crippen LogP contribution is 2.01. The third-order valence-corrected chi connectivity index (χ3v) is 2.86. The van der Waals surface area contributed by atoms with Gasteiger partial charge in [0.1, 0.15) is 0 Å². The van der Waals surface area contributed by atoms with Gasteiger partial charge in [-0.05, 0) is 17.5 Å². The van der Waals surface area contributed by atoms with Gasteiger partial charge in [0.05, 0.1) is 6.42 Å². The van der Waals surface area contributed by atoms with E-state index in [0.29, 0.717) is 12.8 Å². The second kappa shape index (κ2) is 14.2. The van der Waals surface area contributed by atoms with Gasteiger partial charge in [0.2, 0.25) is 17.7 Å². The number of alkyl halides is 1. The predicted octanol–water partition coefficient (Wildman–Crippen LogP) is 1.26. The van der Waals surface area contributed by atoms with E-state index in [1.54, 1.807) is 0 Å². The molecule has 0 aromatic heterocycles. The molecule has 7 heteroatoms. The molecule has 0 fully saturated rings. The SMILES string of the molecule is NC(=O)CCc1ccccc1.NC(=O)CF.NC(=O)Cc1ccccc1. The van der Waals surface area contributed by atoms with E-state index in [1.807, 2.05) is 60.7 Å². The molecule has 0 aliphatic heterocycles. The molecule has 0 spiro atoms. The van der Waals surface area contributed by atoms with Gasteiger partial charge < -0.3 is 17.2 Å². The highest BCUT2D eigenvalue weighted by Gasteiger charge is 1.95. The van der Waals surface area contributed by atoms with Crippen molar-refractivity contribution in [2.75, 3.05) is 6.67 Å². The number of primary amides is 3. The fourth-order valence-corrected chi connectivity index (χ4v) is 1.71. The van der Waals surface area contributed by atoms with Crippen molar-refractivity contribution >= 4 is 17.7 Å². The first-order chi connectivity index (χ1) is 12.3. The fraction of sp³-hybridized carbons (Fsp3) is 0.211. The quantitative estimate of drug-likeness (QED) is 0.716. The minimum Gasteiger partial charge on any atom is -0.370 e. The summed E-state index contributed by atoms with van der Waals surface area (Å²) in [6, 6.07) is 19.3. The lowest BCUT2D eigenvalue weighted by atomic mass is 10.1. The first-order valence-corrected chi connectivity index (χ1v) is 7.83. The minimum absolute atomic E-state index is 0.242. The molecule has 2 aromatic carbocycles. The Morgan fingerprint density at radius 2 is 1.12 bits per heavy atom. The molecule has 0 atom stereocenters. The number of aryl methyl sites for hydroxylation is 1. The summed E-state index contributed by atoms with van der Waals surface area (Å²) in [6.07, 6.45) is 1.51. The van der Waals surface area contributed by atoms with Crippen molar-refractivity contribution < 1.29 is 18.8 Å². The Bertz CT molecular complexity index is 664. The van der Waals surface area contributed by atoms with E-state index < -0.39 is 12.6 Å². The highest BCUT2D eigenvalue weighted by atomic mass is 19.1. The summed E-state index contributed by atoms with van der Waals surface area (Å²) in [5.41, 5.74) is 16.4. The molecule has 0 aliphatic rings. The zero-order valence-electron chi connectivity index (χ0n) is 14.4. The van der Waals surface area contributed by atoms with E-state index in [9.17, 15) is 18.8 Å². The van der Waals surface area contributed by atoms with Gasteiger partial charge in [0.25, 0.3) is 0 Å². The minimum atomic E-state index is -1.06. The van der Waals surface area contributed by atoms with Crippen LogP contribution in [0, 0.1) is 0 Å². The molecule has 26 heavy (non-hydrogen) atoms. The molecule has 2 rings (SSSR count). The first kappa shape index (κ1) is 22.8. The van der Waals surface area contributed by atoms with E-state index >= 15 is 0 Å². The summed E-state index contributed by atoms with van der Waals surface area (Å²) >= 11 is 0. The number of halogens is 1. The molecule has 0 unspecified atom stereocenters. The highest BCUT2D eigenvalue weighted by molar-refractivity contribution is 5.76. The Labute approximate surface area is 152 Å². The van der Waals surface area contributed by atoms with Crippen LogP contribution in [0.4, 0.5) is 4.39 Å². The Morgan fingerprint density at radius 1 is 0.692 bits per heavy atom. The smallest absolute Gasteiger partial charge is 0.248 e. The van der Waals surface area contributed by atoms with Gasteiger partial charge in [-0.2, -0.15) is 0 Å². The van der Waals surface area contributed by atoms with Gasteiger partial charge in [-0.25, -0.2) is 4.39 Å². The maximum absolute atomic E-state index is 10.6. The molecular weight excluding hydrogens is 337 g/mol. The number of hydrogen-bond acceptors (Lipinski definition) is 3. The number of benzene rings is 2. The molecule has 6 nitrogen and oxygen atoms in total. The van der Waals surface area contributed by atoms with Crippen LogP contribution in [0.5, 0.6) is 0 Å². The molecule has 0 heterocycles. The maximum Gasteiger partial charge on any atom is 0.248 e. The van der Waals surface area contributed by atoms with E-state index in [4.69, 9.17) is 11.5 Å². The van der Waals surface area contributed by atoms with Crippen molar-refractivity contribution in [2.45, 2.75) is 19.3 Å². The number of carbonyl (C=O) groups excluding carboxylic acids is 3. The summed E-state index contributed by atoms with van der Waals surface area (Å²) < 4.78 is 10.6. The van der Waals surface area contributed by atoms with Crippen molar-refractivity contribution in [1.29, 1.82) is 0 Å². The topological polar surface area (TPSA) is 129 Å². The van der Waals surface area contributed by atoms with Crippen LogP contribution in [0.3, 0.4) is 0 Å². The Balaban J connectivity index is 0.000000387. The summed E-state index contributed by atoms with van der Waals surface area (Å²) in [7, 11) is 0. The maximum atomic E-state index is 10.6. The first-order valence-electron chi connectivity index (χ1n) is 7.83. The standard InChI is InChI=1S/C9H11NO.C8H9NO.C2H4FNO/c10-9(11)7-6-8-4-2-1-3-5-8;9-8(10)6-7-4-2-1-3-5-7;3-1-2(4)5/h1-5H,6-7H2,(H2,10,11);1-5H,6H2,(H2,9,10);1H2,(H2,4,5). The molecule has 0 saturated heterocycles. The van der Waals surface area contributed by atoms with Crippen molar-refractivity contribution in [2.24, 2.45) is 17.2 Å². The lowest BCUT2D eigenvalue weighted by molar-refractivity contribution is -0.119. The number of rotatable bonds is 6. The number of hydrogen-bond donors (Lipinski definition) is 3. The molecule has 140 valence electrons. The lowest BCUT2D eigenvalue weighted by Crippen LogP contribution is -2.13. The Kier molecular flexibility index (Phi) is 12.4. The van der Waals surface area contributed by atoms with Crippen LogP contribution in [0.2, 0.25) is 0 Å². The second-order valence-electron chi connectivity index (χ2n) is 5.18. The molecular formula is C19H24FN3O3. The summed E-state index contributed by atoms with van der Waals surface area (Å²) in [6.45, 7) is -1.06. The number of nitrogens with two attached hydrogens (primary N) is 3. The van der Waals surface area contributed by atoms with Crippen LogP contribution in [-0.2, 0) is 27.2 Å². The monoisotopic (exact) mass is 361 g/mol. The van der Waals surface area contributed by atoms with Gasteiger partial charge in [0.15, 0.2) is 6.67 Å². The Hall–Kier alpha value is -3.22. The molecule has 0 radical (unpaired) electrons. The number of amides is 3. The van der Waals surface area contributed by atoms with E-state index in [-0.39, 0.29) is 11.8 Å². The van der Waals surface area contributed by atoms with Crippen molar-refractivity contribution in [3.63, 3.8) is 0 Å². The van der Waals surface area contributed by atoms with E-state index in [0.717, 1.165) is 17.5 Å². The van der Waals surface area contributed by atoms with Crippen LogP contribution in [0.15, 0.2) is 60.7 Å². The summed E-state index contributed by atoms with van der Waals surface area (Å²) in [5, 5.41) is 0. The van der Waals surface area contributed by atoms with Gasteiger partial charge in [-0.15, -0.1) is 0 Å². The predicted molar refractivity (Wildman–Crippen MR) is 98.5 cm³/mol. The molecule has 0 aliphatic carbocycles. The van der Waals surface area contributed by atoms with Crippen LogP contribution in [0.25, 0.3) is 0 Å². The average Bonchev–Trinajstić information content (AvgIpc) is 2.62. The van der Waals surface area contributed by atoms with Crippen LogP contribution >= 0.6 is 0 Å². The summed E-state index contributed by atoms with van der Waals surface area (Å²) in [4.78, 5) is 30.0. The van der Waals surface area contributed by atoms with Crippen LogP contribution in [-0.4, -0.2) is 24.4 Å². The lowest BCUT2D eigenvalue weighted by Gasteiger charge is -1.96. The molecule has 2 aromatic rings. The van der Waals surface area contributed by atoms with Crippen molar-refractivity contribution in [1.82, 2.24) is 0 Å². The third-order valence-electron chi connectivity index (χ3n) is 2.86. The molecule has 6 N–H and O–H groups in total. The van der Waals surface area contributed by atoms with Gasteiger partial charge in [0, 0.05) is 6.42 Å². The average molecular weight is 361 g/mol. The fourth-order valence-electron chi connectivity index (χ4n) is 1.71. The van der Waals surface area contributed by atoms with E-state index in [2.05, 4.69) is 5.73 Å². The van der Waals surface area contributed by atoms with Crippen molar-refractivity contribution in [3.05, 3.63) is 71.8 Å². The van der Waals surface area contributed by atoms with Gasteiger partial charge >= 0.3 is 0 Å². The van der Waals surface area contributed by atoms with Gasteiger partial charge in [-0.1, -0.05) is 60.7 Å². The summed E-state index contributed by atoms with van der Waals surface area (Å²) in [5.74, 6) is -1.44. The van der Waals surface area contributed by atoms with Crippen molar-refractivity contribution in [3.8, 4) is 0 Å². The zero-order valence-corrected chi connectivity index (χ0v) is 14.4. The number of carbonyl (C=O) groups is 3. The second-order valence-corrected chi connectivity index (χ2v) is 5.18. The van der Waals surface area contributed by atoms with Crippen LogP contribution < -0.4 is 17.2 Å².